The van der Waals surface area contributed by atoms with E-state index in [0.717, 1.165) is 5.56 Å². The number of allylic oxidation sites excluding steroid dienone is 4. The van der Waals surface area contributed by atoms with Gasteiger partial charge in [0.1, 0.15) is 0 Å². The number of nitrogens with two attached hydrogens (primary N) is 1. The molecule has 0 saturated carbocycles. The minimum absolute atomic E-state index is 0.0980. The van der Waals surface area contributed by atoms with Crippen LogP contribution < -0.4 is 5.73 Å². The average molecular weight is 371 g/mol. The van der Waals surface area contributed by atoms with E-state index in [1.165, 1.54) is 0 Å². The van der Waals surface area contributed by atoms with E-state index in [1.807, 2.05) is 24.3 Å². The molecule has 0 fully saturated rings. The van der Waals surface area contributed by atoms with Crippen LogP contribution in [0.4, 0.5) is 0 Å². The quantitative estimate of drug-likeness (QED) is 0.756. The van der Waals surface area contributed by atoms with Gasteiger partial charge in [0.15, 0.2) is 5.78 Å². The summed E-state index contributed by atoms with van der Waals surface area (Å²) in [4.78, 5) is 12.9. The smallest absolute Gasteiger partial charge is 0.189 e. The Balaban J connectivity index is 1.95. The van der Waals surface area contributed by atoms with E-state index in [2.05, 4.69) is 0 Å². The first-order valence-corrected chi connectivity index (χ1v) is 8.53. The van der Waals surface area contributed by atoms with Crippen molar-refractivity contribution in [3.8, 4) is 0 Å². The van der Waals surface area contributed by atoms with Crippen LogP contribution in [0.15, 0.2) is 72.0 Å². The molecule has 0 amide bonds. The van der Waals surface area contributed by atoms with Crippen molar-refractivity contribution in [2.75, 3.05) is 0 Å². The summed E-state index contributed by atoms with van der Waals surface area (Å²) < 4.78 is 0. The highest BCUT2D eigenvalue weighted by Gasteiger charge is 2.29. The first kappa shape index (κ1) is 17.5. The molecule has 2 aromatic rings. The van der Waals surface area contributed by atoms with Crippen LogP contribution in [-0.2, 0) is 6.42 Å². The molecular weight excluding hydrogens is 355 g/mol. The van der Waals surface area contributed by atoms with Gasteiger partial charge in [-0.1, -0.05) is 65.7 Å². The van der Waals surface area contributed by atoms with Gasteiger partial charge < -0.3 is 11.1 Å². The van der Waals surface area contributed by atoms with E-state index in [1.54, 1.807) is 36.4 Å². The zero-order valence-electron chi connectivity index (χ0n) is 13.3. The Morgan fingerprint density at radius 3 is 2.44 bits per heavy atom. The van der Waals surface area contributed by atoms with Crippen LogP contribution >= 0.6 is 23.2 Å². The Labute approximate surface area is 156 Å². The second-order valence-corrected chi connectivity index (χ2v) is 6.67. The van der Waals surface area contributed by atoms with Crippen LogP contribution in [0.2, 0.25) is 10.0 Å². The number of carbonyl (C=O) groups is 1. The number of hydrogen-bond acceptors (Lipinski definition) is 3. The molecule has 3 N–H and O–H groups in total. The second kappa shape index (κ2) is 7.26. The maximum atomic E-state index is 12.9. The lowest BCUT2D eigenvalue weighted by atomic mass is 9.80. The van der Waals surface area contributed by atoms with Crippen molar-refractivity contribution < 1.29 is 4.79 Å². The largest absolute Gasteiger partial charge is 0.397 e. The third-order valence-electron chi connectivity index (χ3n) is 4.20. The maximum absolute atomic E-state index is 12.9. The molecule has 126 valence electrons. The van der Waals surface area contributed by atoms with Gasteiger partial charge in [-0.25, -0.2) is 0 Å². The molecule has 1 aliphatic rings. The van der Waals surface area contributed by atoms with Crippen molar-refractivity contribution in [3.63, 3.8) is 0 Å². The van der Waals surface area contributed by atoms with E-state index in [0.29, 0.717) is 33.3 Å². The number of halogens is 2. The van der Waals surface area contributed by atoms with Gasteiger partial charge in [0.2, 0.25) is 0 Å². The minimum Gasteiger partial charge on any atom is -0.397 e. The number of carbonyl (C=O) groups excluding carboxylic acids is 1. The zero-order valence-corrected chi connectivity index (χ0v) is 14.8. The number of hydrogen-bond donors (Lipinski definition) is 2. The molecule has 0 bridgehead atoms. The highest BCUT2D eigenvalue weighted by atomic mass is 35.5. The third kappa shape index (κ3) is 3.68. The Bertz CT molecular complexity index is 901. The lowest BCUT2D eigenvalue weighted by molar-refractivity contribution is 0.102. The summed E-state index contributed by atoms with van der Waals surface area (Å²) in [5.74, 6) is -0.519. The fourth-order valence-corrected chi connectivity index (χ4v) is 3.17. The van der Waals surface area contributed by atoms with Crippen molar-refractivity contribution in [2.24, 2.45) is 11.7 Å². The molecule has 25 heavy (non-hydrogen) atoms. The van der Waals surface area contributed by atoms with Crippen molar-refractivity contribution in [1.29, 1.82) is 5.41 Å². The van der Waals surface area contributed by atoms with Gasteiger partial charge >= 0.3 is 0 Å². The zero-order chi connectivity index (χ0) is 18.0. The van der Waals surface area contributed by atoms with Gasteiger partial charge in [-0.3, -0.25) is 4.79 Å². The Hall–Kier alpha value is -2.36. The Kier molecular flexibility index (Phi) is 5.07. The maximum Gasteiger partial charge on any atom is 0.189 e. The topological polar surface area (TPSA) is 66.9 Å². The van der Waals surface area contributed by atoms with Crippen LogP contribution in [-0.4, -0.2) is 11.5 Å². The van der Waals surface area contributed by atoms with E-state index in [9.17, 15) is 4.79 Å². The molecule has 0 spiro atoms. The highest BCUT2D eigenvalue weighted by Crippen LogP contribution is 2.30. The fourth-order valence-electron chi connectivity index (χ4n) is 2.85. The van der Waals surface area contributed by atoms with Crippen LogP contribution in [0.1, 0.15) is 15.9 Å². The van der Waals surface area contributed by atoms with Crippen LogP contribution in [0.5, 0.6) is 0 Å². The molecule has 3 nitrogen and oxygen atoms in total. The molecule has 1 unspecified atom stereocenters. The summed E-state index contributed by atoms with van der Waals surface area (Å²) in [5.41, 5.74) is 8.56. The summed E-state index contributed by atoms with van der Waals surface area (Å²) in [6, 6.07) is 14.4. The SMILES string of the molecule is N=C1C(N)=CC=C(C(=O)c2ccccc2)C1Cc1ccc(Cl)c(Cl)c1. The number of nitrogens with one attached hydrogen (secondary N) is 1. The standard InChI is InChI=1S/C20H16Cl2N2O/c21-16-8-6-12(11-17(16)22)10-15-14(7-9-18(23)19(15)24)20(25)13-4-2-1-3-5-13/h1-9,11,15,24H,10,23H2. The fraction of sp³-hybridized carbons (Fsp3) is 0.100. The summed E-state index contributed by atoms with van der Waals surface area (Å²) in [5, 5.41) is 9.26. The van der Waals surface area contributed by atoms with Crippen LogP contribution in [0.3, 0.4) is 0 Å². The molecule has 1 atom stereocenters. The number of ketones is 1. The lowest BCUT2D eigenvalue weighted by Gasteiger charge is -2.24. The van der Waals surface area contributed by atoms with E-state index in [-0.39, 0.29) is 11.5 Å². The Morgan fingerprint density at radius 1 is 1.04 bits per heavy atom. The second-order valence-electron chi connectivity index (χ2n) is 5.86. The molecule has 2 aromatic carbocycles. The summed E-state index contributed by atoms with van der Waals surface area (Å²) >= 11 is 12.1. The molecule has 5 heteroatoms. The molecule has 3 rings (SSSR count). The average Bonchev–Trinajstić information content (AvgIpc) is 2.62. The predicted molar refractivity (Wildman–Crippen MR) is 103 cm³/mol. The van der Waals surface area contributed by atoms with Gasteiger partial charge in [0.05, 0.1) is 21.5 Å². The molecular formula is C20H16Cl2N2O. The monoisotopic (exact) mass is 370 g/mol. The van der Waals surface area contributed by atoms with Crippen molar-refractivity contribution in [2.45, 2.75) is 6.42 Å². The van der Waals surface area contributed by atoms with E-state index >= 15 is 0 Å². The van der Waals surface area contributed by atoms with Gasteiger partial charge in [-0.2, -0.15) is 0 Å². The van der Waals surface area contributed by atoms with Gasteiger partial charge in [0.25, 0.3) is 0 Å². The van der Waals surface area contributed by atoms with Crippen LogP contribution in [0, 0.1) is 11.3 Å². The van der Waals surface area contributed by atoms with Crippen molar-refractivity contribution in [1.82, 2.24) is 0 Å². The first-order valence-electron chi connectivity index (χ1n) is 7.77. The van der Waals surface area contributed by atoms with Crippen molar-refractivity contribution in [3.05, 3.63) is 93.1 Å². The Morgan fingerprint density at radius 2 is 1.76 bits per heavy atom. The molecule has 0 radical (unpaired) electrons. The summed E-state index contributed by atoms with van der Waals surface area (Å²) in [6.45, 7) is 0. The predicted octanol–water partition coefficient (Wildman–Crippen LogP) is 4.84. The number of rotatable bonds is 4. The third-order valence-corrected chi connectivity index (χ3v) is 4.94. The minimum atomic E-state index is -0.421. The van der Waals surface area contributed by atoms with Gasteiger partial charge in [-0.05, 0) is 30.2 Å². The lowest BCUT2D eigenvalue weighted by Crippen LogP contribution is -2.30. The summed E-state index contributed by atoms with van der Waals surface area (Å²) in [7, 11) is 0. The molecule has 0 aromatic heterocycles. The summed E-state index contributed by atoms with van der Waals surface area (Å²) in [6.07, 6.45) is 3.78. The van der Waals surface area contributed by atoms with Gasteiger partial charge in [-0.15, -0.1) is 0 Å². The van der Waals surface area contributed by atoms with Crippen molar-refractivity contribution >= 4 is 34.7 Å². The molecule has 0 saturated heterocycles. The number of benzene rings is 2. The first-order chi connectivity index (χ1) is 12.0. The number of Topliss-reactive ketones (excluding diaryl/α,β-unsaturated/α-hetero) is 1. The normalized spacial score (nSPS) is 17.0. The van der Waals surface area contributed by atoms with Gasteiger partial charge in [0, 0.05) is 17.1 Å². The highest BCUT2D eigenvalue weighted by molar-refractivity contribution is 6.42. The van der Waals surface area contributed by atoms with Crippen LogP contribution in [0.25, 0.3) is 0 Å². The molecule has 0 heterocycles. The molecule has 1 aliphatic carbocycles. The molecule has 0 aliphatic heterocycles. The van der Waals surface area contributed by atoms with E-state index in [4.69, 9.17) is 34.3 Å². The van der Waals surface area contributed by atoms with E-state index < -0.39 is 5.92 Å².